The number of carbonyl (C=O) groups excluding carboxylic acids is 1. The van der Waals surface area contributed by atoms with E-state index in [0.29, 0.717) is 40.7 Å². The van der Waals surface area contributed by atoms with Crippen molar-refractivity contribution >= 4 is 33.5 Å². The lowest BCUT2D eigenvalue weighted by Gasteiger charge is -2.12. The van der Waals surface area contributed by atoms with Gasteiger partial charge in [0, 0.05) is 43.0 Å². The van der Waals surface area contributed by atoms with Crippen molar-refractivity contribution in [3.63, 3.8) is 0 Å². The second-order valence-corrected chi connectivity index (χ2v) is 6.58. The van der Waals surface area contributed by atoms with Gasteiger partial charge in [-0.1, -0.05) is 0 Å². The molecule has 0 saturated heterocycles. The molecule has 0 spiro atoms. The van der Waals surface area contributed by atoms with E-state index in [2.05, 4.69) is 15.3 Å². The molecule has 0 radical (unpaired) electrons. The van der Waals surface area contributed by atoms with Crippen LogP contribution in [0.5, 0.6) is 0 Å². The standard InChI is InChI=1S/C19H17F2N5O/c1-25(2)6-5-23-19(27)12-7-11-10-22-4-3-16(11)26-17-9-14(21)13(20)8-15(17)24-18(12)26/h3-4,7-10H,5-6H2,1-2H3,(H,23,27). The van der Waals surface area contributed by atoms with Gasteiger partial charge in [-0.15, -0.1) is 0 Å². The molecule has 0 aliphatic carbocycles. The number of benzene rings is 1. The minimum atomic E-state index is -0.978. The molecule has 3 heterocycles. The number of aromatic nitrogens is 3. The maximum Gasteiger partial charge on any atom is 0.255 e. The van der Waals surface area contributed by atoms with Gasteiger partial charge in [-0.25, -0.2) is 13.8 Å². The van der Waals surface area contributed by atoms with Crippen LogP contribution < -0.4 is 5.32 Å². The Kier molecular flexibility index (Phi) is 4.19. The molecule has 0 saturated carbocycles. The normalized spacial score (nSPS) is 11.7. The van der Waals surface area contributed by atoms with E-state index >= 15 is 0 Å². The monoisotopic (exact) mass is 369 g/mol. The molecule has 0 atom stereocenters. The van der Waals surface area contributed by atoms with Gasteiger partial charge in [0.25, 0.3) is 5.91 Å². The van der Waals surface area contributed by atoms with Crippen LogP contribution in [-0.2, 0) is 0 Å². The molecule has 138 valence electrons. The number of imidazole rings is 1. The van der Waals surface area contributed by atoms with Crippen LogP contribution in [0, 0.1) is 11.6 Å². The Morgan fingerprint density at radius 3 is 2.74 bits per heavy atom. The maximum absolute atomic E-state index is 13.8. The van der Waals surface area contributed by atoms with Crippen LogP contribution in [0.2, 0.25) is 0 Å². The number of carbonyl (C=O) groups is 1. The third kappa shape index (κ3) is 2.97. The smallest absolute Gasteiger partial charge is 0.255 e. The fraction of sp³-hybridized carbons (Fsp3) is 0.211. The Morgan fingerprint density at radius 1 is 1.19 bits per heavy atom. The quantitative estimate of drug-likeness (QED) is 0.601. The molecule has 6 nitrogen and oxygen atoms in total. The average molecular weight is 369 g/mol. The third-order valence-corrected chi connectivity index (χ3v) is 4.40. The lowest BCUT2D eigenvalue weighted by atomic mass is 10.1. The van der Waals surface area contributed by atoms with Crippen LogP contribution in [0.15, 0.2) is 36.7 Å². The fourth-order valence-corrected chi connectivity index (χ4v) is 3.09. The lowest BCUT2D eigenvalue weighted by Crippen LogP contribution is -2.31. The summed E-state index contributed by atoms with van der Waals surface area (Å²) in [6.45, 7) is 1.15. The molecule has 0 aliphatic rings. The first kappa shape index (κ1) is 17.3. The summed E-state index contributed by atoms with van der Waals surface area (Å²) >= 11 is 0. The number of likely N-dealkylation sites (N-methyl/N-ethyl adjacent to an activating group) is 1. The van der Waals surface area contributed by atoms with Crippen molar-refractivity contribution in [2.45, 2.75) is 0 Å². The predicted molar refractivity (Wildman–Crippen MR) is 98.8 cm³/mol. The summed E-state index contributed by atoms with van der Waals surface area (Å²) in [5, 5.41) is 3.55. The number of hydrogen-bond donors (Lipinski definition) is 1. The summed E-state index contributed by atoms with van der Waals surface area (Å²) in [4.78, 5) is 23.2. The fourth-order valence-electron chi connectivity index (χ4n) is 3.09. The van der Waals surface area contributed by atoms with Gasteiger partial charge in [-0.05, 0) is 26.2 Å². The zero-order chi connectivity index (χ0) is 19.1. The van der Waals surface area contributed by atoms with E-state index in [4.69, 9.17) is 0 Å². The Morgan fingerprint density at radius 2 is 1.96 bits per heavy atom. The van der Waals surface area contributed by atoms with E-state index in [0.717, 1.165) is 12.1 Å². The molecular weight excluding hydrogens is 352 g/mol. The first-order valence-electron chi connectivity index (χ1n) is 8.42. The number of halogens is 2. The molecular formula is C19H17F2N5O. The van der Waals surface area contributed by atoms with E-state index < -0.39 is 11.6 Å². The summed E-state index contributed by atoms with van der Waals surface area (Å²) in [5.74, 6) is -2.25. The predicted octanol–water partition coefficient (Wildman–Crippen LogP) is 2.61. The molecule has 27 heavy (non-hydrogen) atoms. The highest BCUT2D eigenvalue weighted by Crippen LogP contribution is 2.27. The van der Waals surface area contributed by atoms with Crippen LogP contribution in [0.1, 0.15) is 10.4 Å². The number of nitrogens with one attached hydrogen (secondary N) is 1. The molecule has 0 aliphatic heterocycles. The second kappa shape index (κ2) is 6.55. The van der Waals surface area contributed by atoms with Crippen molar-refractivity contribution in [2.75, 3.05) is 27.2 Å². The highest BCUT2D eigenvalue weighted by atomic mass is 19.2. The van der Waals surface area contributed by atoms with E-state index in [1.54, 1.807) is 28.9 Å². The molecule has 4 rings (SSSR count). The maximum atomic E-state index is 13.8. The number of pyridine rings is 2. The molecule has 3 aromatic heterocycles. The minimum Gasteiger partial charge on any atom is -0.351 e. The minimum absolute atomic E-state index is 0.278. The van der Waals surface area contributed by atoms with Crippen molar-refractivity contribution in [3.8, 4) is 0 Å². The molecule has 1 N–H and O–H groups in total. The number of nitrogens with zero attached hydrogens (tertiary/aromatic N) is 4. The van der Waals surface area contributed by atoms with Crippen LogP contribution in [-0.4, -0.2) is 52.4 Å². The zero-order valence-electron chi connectivity index (χ0n) is 14.8. The molecule has 0 fully saturated rings. The first-order chi connectivity index (χ1) is 13.0. The van der Waals surface area contributed by atoms with Crippen molar-refractivity contribution in [1.29, 1.82) is 0 Å². The third-order valence-electron chi connectivity index (χ3n) is 4.40. The Balaban J connectivity index is 1.96. The number of rotatable bonds is 4. The highest BCUT2D eigenvalue weighted by Gasteiger charge is 2.19. The van der Waals surface area contributed by atoms with Gasteiger partial charge < -0.3 is 10.2 Å². The van der Waals surface area contributed by atoms with Crippen LogP contribution in [0.25, 0.3) is 27.6 Å². The molecule has 1 aromatic carbocycles. The van der Waals surface area contributed by atoms with Gasteiger partial charge in [-0.3, -0.25) is 14.2 Å². The van der Waals surface area contributed by atoms with Crippen molar-refractivity contribution in [1.82, 2.24) is 24.6 Å². The van der Waals surface area contributed by atoms with E-state index in [1.165, 1.54) is 0 Å². The second-order valence-electron chi connectivity index (χ2n) is 6.58. The van der Waals surface area contributed by atoms with E-state index in [1.807, 2.05) is 19.0 Å². The van der Waals surface area contributed by atoms with E-state index in [-0.39, 0.29) is 11.4 Å². The largest absolute Gasteiger partial charge is 0.351 e. The van der Waals surface area contributed by atoms with Gasteiger partial charge in [0.2, 0.25) is 0 Å². The van der Waals surface area contributed by atoms with Crippen LogP contribution in [0.4, 0.5) is 8.78 Å². The summed E-state index contributed by atoms with van der Waals surface area (Å²) in [6.07, 6.45) is 3.22. The van der Waals surface area contributed by atoms with Gasteiger partial charge >= 0.3 is 0 Å². The van der Waals surface area contributed by atoms with Crippen molar-refractivity contribution in [2.24, 2.45) is 0 Å². The van der Waals surface area contributed by atoms with Crippen molar-refractivity contribution < 1.29 is 13.6 Å². The average Bonchev–Trinajstić information content (AvgIpc) is 2.99. The lowest BCUT2D eigenvalue weighted by molar-refractivity contribution is 0.0952. The molecule has 0 bridgehead atoms. The van der Waals surface area contributed by atoms with Gasteiger partial charge in [0.05, 0.1) is 22.1 Å². The zero-order valence-corrected chi connectivity index (χ0v) is 14.8. The number of hydrogen-bond acceptors (Lipinski definition) is 4. The SMILES string of the molecule is CN(C)CCNC(=O)c1cc2cnccc2n2c1nc1cc(F)c(F)cc12. The number of fused-ring (bicyclic) bond motifs is 5. The first-order valence-corrected chi connectivity index (χ1v) is 8.42. The molecule has 8 heteroatoms. The summed E-state index contributed by atoms with van der Waals surface area (Å²) in [7, 11) is 3.83. The molecule has 1 amide bonds. The van der Waals surface area contributed by atoms with Gasteiger partial charge in [0.1, 0.15) is 0 Å². The van der Waals surface area contributed by atoms with Crippen molar-refractivity contribution in [3.05, 3.63) is 53.9 Å². The Labute approximate surface area is 153 Å². The Hall–Kier alpha value is -3.13. The highest BCUT2D eigenvalue weighted by molar-refractivity contribution is 6.05. The van der Waals surface area contributed by atoms with E-state index in [9.17, 15) is 13.6 Å². The summed E-state index contributed by atoms with van der Waals surface area (Å²) in [6, 6.07) is 5.58. The van der Waals surface area contributed by atoms with Gasteiger partial charge in [0.15, 0.2) is 17.3 Å². The topological polar surface area (TPSA) is 62.5 Å². The number of amides is 1. The summed E-state index contributed by atoms with van der Waals surface area (Å²) < 4.78 is 29.2. The summed E-state index contributed by atoms with van der Waals surface area (Å²) in [5.41, 5.74) is 2.05. The molecule has 0 unspecified atom stereocenters. The van der Waals surface area contributed by atoms with Crippen LogP contribution >= 0.6 is 0 Å². The van der Waals surface area contributed by atoms with Gasteiger partial charge in [-0.2, -0.15) is 0 Å². The Bertz CT molecular complexity index is 1190. The molecule has 4 aromatic rings. The van der Waals surface area contributed by atoms with Crippen LogP contribution in [0.3, 0.4) is 0 Å².